The number of aryl methyl sites for hydroxylation is 1. The van der Waals surface area contributed by atoms with Crippen LogP contribution in [0.25, 0.3) is 11.3 Å². The van der Waals surface area contributed by atoms with Gasteiger partial charge in [0.15, 0.2) is 0 Å². The van der Waals surface area contributed by atoms with Crippen molar-refractivity contribution in [3.05, 3.63) is 71.2 Å². The third kappa shape index (κ3) is 4.60. The molecule has 0 bridgehead atoms. The summed E-state index contributed by atoms with van der Waals surface area (Å²) in [4.78, 5) is 15.4. The first-order valence-corrected chi connectivity index (χ1v) is 10.3. The first-order valence-electron chi connectivity index (χ1n) is 10.3. The zero-order valence-electron chi connectivity index (χ0n) is 17.3. The van der Waals surface area contributed by atoms with Crippen LogP contribution in [0, 0.1) is 18.7 Å². The first-order chi connectivity index (χ1) is 14.5. The van der Waals surface area contributed by atoms with E-state index in [4.69, 9.17) is 4.52 Å². The molecule has 156 valence electrons. The van der Waals surface area contributed by atoms with Gasteiger partial charge in [-0.1, -0.05) is 24.2 Å². The Labute approximate surface area is 175 Å². The van der Waals surface area contributed by atoms with E-state index in [1.807, 2.05) is 12.1 Å². The van der Waals surface area contributed by atoms with Crippen LogP contribution in [0.5, 0.6) is 0 Å². The zero-order chi connectivity index (χ0) is 21.1. The lowest BCUT2D eigenvalue weighted by Crippen LogP contribution is -2.33. The van der Waals surface area contributed by atoms with E-state index in [2.05, 4.69) is 34.4 Å². The number of carbonyl (C=O) groups is 1. The van der Waals surface area contributed by atoms with Crippen LogP contribution >= 0.6 is 0 Å². The van der Waals surface area contributed by atoms with Gasteiger partial charge in [-0.3, -0.25) is 9.69 Å². The maximum absolute atomic E-state index is 13.2. The topological polar surface area (TPSA) is 58.4 Å². The number of carbonyl (C=O) groups excluding carboxylic acids is 1. The van der Waals surface area contributed by atoms with Crippen molar-refractivity contribution in [3.8, 4) is 11.3 Å². The number of piperidine rings is 1. The predicted octanol–water partition coefficient (Wildman–Crippen LogP) is 5.27. The fourth-order valence-corrected chi connectivity index (χ4v) is 4.02. The fourth-order valence-electron chi connectivity index (χ4n) is 4.02. The number of benzene rings is 2. The summed E-state index contributed by atoms with van der Waals surface area (Å²) in [6, 6.07) is 13.8. The molecule has 3 aromatic rings. The highest BCUT2D eigenvalue weighted by molar-refractivity contribution is 6.08. The van der Waals surface area contributed by atoms with E-state index in [1.165, 1.54) is 30.5 Å². The van der Waals surface area contributed by atoms with Crippen molar-refractivity contribution in [1.29, 1.82) is 0 Å². The number of nitrogens with one attached hydrogen (secondary N) is 1. The van der Waals surface area contributed by atoms with Crippen LogP contribution in [-0.2, 0) is 6.54 Å². The SMILES string of the molecule is Cc1onc(-c2ccc(F)cc2)c1C(=O)Nc1ccc(CN2CCCC(C)C2)cc1. The Balaban J connectivity index is 1.45. The number of aromatic nitrogens is 1. The van der Waals surface area contributed by atoms with Crippen molar-refractivity contribution in [2.45, 2.75) is 33.2 Å². The van der Waals surface area contributed by atoms with Crippen LogP contribution in [0.1, 0.15) is 41.4 Å². The molecule has 0 radical (unpaired) electrons. The molecule has 1 aliphatic heterocycles. The Bertz CT molecular complexity index is 1010. The summed E-state index contributed by atoms with van der Waals surface area (Å²) in [5.74, 6) is 0.525. The summed E-state index contributed by atoms with van der Waals surface area (Å²) in [6.45, 7) is 7.20. The van der Waals surface area contributed by atoms with Crippen LogP contribution < -0.4 is 5.32 Å². The molecule has 1 saturated heterocycles. The third-order valence-electron chi connectivity index (χ3n) is 5.57. The molecule has 2 aromatic carbocycles. The Morgan fingerprint density at radius 3 is 2.63 bits per heavy atom. The molecule has 1 atom stereocenters. The second-order valence-corrected chi connectivity index (χ2v) is 8.10. The van der Waals surface area contributed by atoms with Gasteiger partial charge >= 0.3 is 0 Å². The largest absolute Gasteiger partial charge is 0.360 e. The lowest BCUT2D eigenvalue weighted by molar-refractivity contribution is 0.102. The fraction of sp³-hybridized carbons (Fsp3) is 0.333. The number of rotatable bonds is 5. The van der Waals surface area contributed by atoms with Crippen LogP contribution in [0.4, 0.5) is 10.1 Å². The number of hydrogen-bond acceptors (Lipinski definition) is 4. The summed E-state index contributed by atoms with van der Waals surface area (Å²) in [5.41, 5.74) is 3.33. The first kappa shape index (κ1) is 20.3. The summed E-state index contributed by atoms with van der Waals surface area (Å²) in [6.07, 6.45) is 2.56. The van der Waals surface area contributed by atoms with E-state index in [1.54, 1.807) is 19.1 Å². The standard InChI is InChI=1S/C24H26FN3O2/c1-16-4-3-13-28(14-16)15-18-5-11-21(12-6-18)26-24(29)22-17(2)30-27-23(22)19-7-9-20(25)10-8-19/h5-12,16H,3-4,13-15H2,1-2H3,(H,26,29). The second-order valence-electron chi connectivity index (χ2n) is 8.10. The van der Waals surface area contributed by atoms with Crippen molar-refractivity contribution in [2.24, 2.45) is 5.92 Å². The lowest BCUT2D eigenvalue weighted by Gasteiger charge is -2.30. The molecule has 1 unspecified atom stereocenters. The van der Waals surface area contributed by atoms with E-state index in [9.17, 15) is 9.18 Å². The molecule has 6 heteroatoms. The summed E-state index contributed by atoms with van der Waals surface area (Å²) in [7, 11) is 0. The van der Waals surface area contributed by atoms with Crippen LogP contribution in [0.15, 0.2) is 53.1 Å². The molecule has 0 saturated carbocycles. The van der Waals surface area contributed by atoms with Crippen LogP contribution in [0.3, 0.4) is 0 Å². The van der Waals surface area contributed by atoms with E-state index >= 15 is 0 Å². The van der Waals surface area contributed by atoms with Gasteiger partial charge in [-0.15, -0.1) is 0 Å². The number of hydrogen-bond donors (Lipinski definition) is 1. The van der Waals surface area contributed by atoms with Gasteiger partial charge in [0.1, 0.15) is 22.8 Å². The number of likely N-dealkylation sites (tertiary alicyclic amines) is 1. The molecule has 0 spiro atoms. The maximum atomic E-state index is 13.2. The minimum absolute atomic E-state index is 0.300. The van der Waals surface area contributed by atoms with E-state index in [0.29, 0.717) is 28.3 Å². The quantitative estimate of drug-likeness (QED) is 0.626. The molecule has 4 rings (SSSR count). The Kier molecular flexibility index (Phi) is 5.95. The Morgan fingerprint density at radius 1 is 1.20 bits per heavy atom. The molecule has 2 heterocycles. The van der Waals surface area contributed by atoms with Gasteiger partial charge in [0.25, 0.3) is 5.91 Å². The van der Waals surface area contributed by atoms with E-state index < -0.39 is 0 Å². The molecule has 1 amide bonds. The minimum Gasteiger partial charge on any atom is -0.360 e. The summed E-state index contributed by atoms with van der Waals surface area (Å²) >= 11 is 0. The van der Waals surface area contributed by atoms with E-state index in [-0.39, 0.29) is 11.7 Å². The van der Waals surface area contributed by atoms with Gasteiger partial charge in [0.2, 0.25) is 0 Å². The molecular formula is C24H26FN3O2. The van der Waals surface area contributed by atoms with Gasteiger partial charge in [-0.25, -0.2) is 4.39 Å². The number of amides is 1. The smallest absolute Gasteiger partial charge is 0.261 e. The van der Waals surface area contributed by atoms with Gasteiger partial charge in [0.05, 0.1) is 0 Å². The monoisotopic (exact) mass is 407 g/mol. The number of anilines is 1. The predicted molar refractivity (Wildman–Crippen MR) is 115 cm³/mol. The average Bonchev–Trinajstić information content (AvgIpc) is 3.11. The van der Waals surface area contributed by atoms with Crippen molar-refractivity contribution in [1.82, 2.24) is 10.1 Å². The van der Waals surface area contributed by atoms with E-state index in [0.717, 1.165) is 25.6 Å². The highest BCUT2D eigenvalue weighted by Gasteiger charge is 2.22. The van der Waals surface area contributed by atoms with Crippen LogP contribution in [-0.4, -0.2) is 29.1 Å². The maximum Gasteiger partial charge on any atom is 0.261 e. The second kappa shape index (κ2) is 8.79. The van der Waals surface area contributed by atoms with Gasteiger partial charge in [0, 0.05) is 24.3 Å². The van der Waals surface area contributed by atoms with Crippen molar-refractivity contribution < 1.29 is 13.7 Å². The summed E-state index contributed by atoms with van der Waals surface area (Å²) < 4.78 is 18.5. The molecule has 1 aliphatic rings. The van der Waals surface area contributed by atoms with Gasteiger partial charge in [-0.2, -0.15) is 0 Å². The van der Waals surface area contributed by atoms with Crippen molar-refractivity contribution in [3.63, 3.8) is 0 Å². The molecule has 5 nitrogen and oxygen atoms in total. The van der Waals surface area contributed by atoms with Crippen molar-refractivity contribution >= 4 is 11.6 Å². The molecular weight excluding hydrogens is 381 g/mol. The Morgan fingerprint density at radius 2 is 1.93 bits per heavy atom. The number of nitrogens with zero attached hydrogens (tertiary/aromatic N) is 2. The Hall–Kier alpha value is -2.99. The van der Waals surface area contributed by atoms with Gasteiger partial charge < -0.3 is 9.84 Å². The highest BCUT2D eigenvalue weighted by Crippen LogP contribution is 2.26. The molecule has 0 aliphatic carbocycles. The molecule has 1 fully saturated rings. The third-order valence-corrected chi connectivity index (χ3v) is 5.57. The molecule has 30 heavy (non-hydrogen) atoms. The normalized spacial score (nSPS) is 17.1. The highest BCUT2D eigenvalue weighted by atomic mass is 19.1. The molecule has 1 aromatic heterocycles. The number of halogens is 1. The lowest BCUT2D eigenvalue weighted by atomic mass is 10.00. The average molecular weight is 407 g/mol. The zero-order valence-corrected chi connectivity index (χ0v) is 17.3. The van der Waals surface area contributed by atoms with Gasteiger partial charge in [-0.05, 0) is 74.2 Å². The van der Waals surface area contributed by atoms with Crippen LogP contribution in [0.2, 0.25) is 0 Å². The minimum atomic E-state index is -0.343. The van der Waals surface area contributed by atoms with Crippen molar-refractivity contribution in [2.75, 3.05) is 18.4 Å². The summed E-state index contributed by atoms with van der Waals surface area (Å²) in [5, 5.41) is 6.92. The molecule has 1 N–H and O–H groups in total.